The van der Waals surface area contributed by atoms with Crippen LogP contribution in [0.15, 0.2) is 24.3 Å². The van der Waals surface area contributed by atoms with Crippen LogP contribution in [0.4, 0.5) is 10.5 Å². The highest BCUT2D eigenvalue weighted by Gasteiger charge is 1.98. The van der Waals surface area contributed by atoms with E-state index >= 15 is 0 Å². The third-order valence-corrected chi connectivity index (χ3v) is 3.52. The summed E-state index contributed by atoms with van der Waals surface area (Å²) in [6.45, 7) is 2.25. The van der Waals surface area contributed by atoms with Crippen LogP contribution in [0.1, 0.15) is 63.9 Å². The molecule has 0 unspecified atom stereocenters. The molecule has 3 nitrogen and oxygen atoms in total. The Morgan fingerprint density at radius 3 is 2.05 bits per heavy atom. The molecule has 1 aromatic rings. The molecular weight excluding hydrogens is 250 g/mol. The molecule has 0 atom stereocenters. The normalized spacial score (nSPS) is 10.4. The third kappa shape index (κ3) is 7.82. The number of hydrogen-bond acceptors (Lipinski definition) is 1. The Kier molecular flexibility index (Phi) is 8.52. The summed E-state index contributed by atoms with van der Waals surface area (Å²) >= 11 is 0. The molecular formula is C17H27NO2. The summed E-state index contributed by atoms with van der Waals surface area (Å²) in [5.74, 6) is 0. The number of unbranched alkanes of at least 4 members (excludes halogenated alkanes) is 7. The zero-order valence-electron chi connectivity index (χ0n) is 12.5. The fourth-order valence-electron chi connectivity index (χ4n) is 2.34. The standard InChI is InChI=1S/C17H27NO2/c1-2-3-4-5-6-7-8-9-10-15-11-13-16(14-12-15)18-17(19)20/h11-14,18H,2-10H2,1H3,(H,19,20). The summed E-state index contributed by atoms with van der Waals surface area (Å²) in [6.07, 6.45) is 10.7. The van der Waals surface area contributed by atoms with Gasteiger partial charge in [-0.3, -0.25) is 5.32 Å². The van der Waals surface area contributed by atoms with Gasteiger partial charge in [-0.25, -0.2) is 4.79 Å². The molecule has 0 heterocycles. The van der Waals surface area contributed by atoms with Crippen LogP contribution in [0.3, 0.4) is 0 Å². The number of amides is 1. The van der Waals surface area contributed by atoms with Crippen LogP contribution in [0.5, 0.6) is 0 Å². The second kappa shape index (κ2) is 10.3. The lowest BCUT2D eigenvalue weighted by atomic mass is 10.0. The molecule has 0 aliphatic carbocycles. The molecule has 20 heavy (non-hydrogen) atoms. The summed E-state index contributed by atoms with van der Waals surface area (Å²) in [5.41, 5.74) is 1.92. The minimum Gasteiger partial charge on any atom is -0.465 e. The van der Waals surface area contributed by atoms with Crippen LogP contribution >= 0.6 is 0 Å². The highest BCUT2D eigenvalue weighted by Crippen LogP contribution is 2.14. The molecule has 1 rings (SSSR count). The first kappa shape index (κ1) is 16.5. The molecule has 1 amide bonds. The maximum Gasteiger partial charge on any atom is 0.409 e. The number of nitrogens with one attached hydrogen (secondary N) is 1. The first-order valence-corrected chi connectivity index (χ1v) is 7.81. The molecule has 2 N–H and O–H groups in total. The van der Waals surface area contributed by atoms with E-state index in [2.05, 4.69) is 12.2 Å². The van der Waals surface area contributed by atoms with Gasteiger partial charge in [0.25, 0.3) is 0 Å². The van der Waals surface area contributed by atoms with Crippen LogP contribution in [-0.4, -0.2) is 11.2 Å². The van der Waals surface area contributed by atoms with Crippen LogP contribution < -0.4 is 5.32 Å². The predicted molar refractivity (Wildman–Crippen MR) is 84.4 cm³/mol. The van der Waals surface area contributed by atoms with E-state index in [1.54, 1.807) is 0 Å². The number of benzene rings is 1. The first-order chi connectivity index (χ1) is 9.72. The number of aryl methyl sites for hydroxylation is 1. The Balaban J connectivity index is 2.08. The van der Waals surface area contributed by atoms with E-state index in [4.69, 9.17) is 5.11 Å². The van der Waals surface area contributed by atoms with Gasteiger partial charge in [0.1, 0.15) is 0 Å². The second-order valence-corrected chi connectivity index (χ2v) is 5.35. The average Bonchev–Trinajstić information content (AvgIpc) is 2.43. The van der Waals surface area contributed by atoms with Crippen LogP contribution in [0.25, 0.3) is 0 Å². The molecule has 0 bridgehead atoms. The van der Waals surface area contributed by atoms with Crippen molar-refractivity contribution in [2.75, 3.05) is 5.32 Å². The summed E-state index contributed by atoms with van der Waals surface area (Å²) < 4.78 is 0. The summed E-state index contributed by atoms with van der Waals surface area (Å²) in [4.78, 5) is 10.5. The van der Waals surface area contributed by atoms with Gasteiger partial charge in [0.05, 0.1) is 0 Å². The minimum atomic E-state index is -1.01. The second-order valence-electron chi connectivity index (χ2n) is 5.35. The summed E-state index contributed by atoms with van der Waals surface area (Å²) in [7, 11) is 0. The quantitative estimate of drug-likeness (QED) is 0.558. The van der Waals surface area contributed by atoms with E-state index in [-0.39, 0.29) is 0 Å². The number of carboxylic acid groups (broad SMARTS) is 1. The van der Waals surface area contributed by atoms with Gasteiger partial charge in [0.2, 0.25) is 0 Å². The Bertz CT molecular complexity index is 373. The molecule has 0 saturated carbocycles. The SMILES string of the molecule is CCCCCCCCCCc1ccc(NC(=O)O)cc1. The van der Waals surface area contributed by atoms with Crippen molar-refractivity contribution in [1.29, 1.82) is 0 Å². The summed E-state index contributed by atoms with van der Waals surface area (Å²) in [6, 6.07) is 7.67. The molecule has 112 valence electrons. The monoisotopic (exact) mass is 277 g/mol. The smallest absolute Gasteiger partial charge is 0.409 e. The minimum absolute atomic E-state index is 0.636. The lowest BCUT2D eigenvalue weighted by Crippen LogP contribution is -2.06. The lowest BCUT2D eigenvalue weighted by Gasteiger charge is -2.04. The molecule has 3 heteroatoms. The predicted octanol–water partition coefficient (Wildman–Crippen LogP) is 5.46. The van der Waals surface area contributed by atoms with E-state index in [0.717, 1.165) is 6.42 Å². The average molecular weight is 277 g/mol. The highest BCUT2D eigenvalue weighted by atomic mass is 16.4. The molecule has 0 fully saturated rings. The molecule has 1 aromatic carbocycles. The van der Waals surface area contributed by atoms with E-state index in [1.165, 1.54) is 56.9 Å². The largest absolute Gasteiger partial charge is 0.465 e. The van der Waals surface area contributed by atoms with Crippen molar-refractivity contribution in [3.8, 4) is 0 Å². The molecule has 0 aliphatic heterocycles. The Hall–Kier alpha value is -1.51. The Morgan fingerprint density at radius 1 is 0.950 bits per heavy atom. The Morgan fingerprint density at radius 2 is 1.50 bits per heavy atom. The lowest BCUT2D eigenvalue weighted by molar-refractivity contribution is 0.210. The number of rotatable bonds is 10. The summed E-state index contributed by atoms with van der Waals surface area (Å²) in [5, 5.41) is 11.0. The van der Waals surface area contributed by atoms with Gasteiger partial charge >= 0.3 is 6.09 Å². The molecule has 0 aliphatic rings. The van der Waals surface area contributed by atoms with Crippen LogP contribution in [-0.2, 0) is 6.42 Å². The van der Waals surface area contributed by atoms with Crippen molar-refractivity contribution in [2.45, 2.75) is 64.7 Å². The van der Waals surface area contributed by atoms with Crippen molar-refractivity contribution in [1.82, 2.24) is 0 Å². The fourth-order valence-corrected chi connectivity index (χ4v) is 2.34. The highest BCUT2D eigenvalue weighted by molar-refractivity contribution is 5.82. The van der Waals surface area contributed by atoms with Gasteiger partial charge < -0.3 is 5.11 Å². The van der Waals surface area contributed by atoms with Crippen molar-refractivity contribution in [2.24, 2.45) is 0 Å². The maximum absolute atomic E-state index is 10.5. The van der Waals surface area contributed by atoms with Gasteiger partial charge in [-0.05, 0) is 30.5 Å². The fraction of sp³-hybridized carbons (Fsp3) is 0.588. The van der Waals surface area contributed by atoms with Crippen molar-refractivity contribution < 1.29 is 9.90 Å². The number of anilines is 1. The first-order valence-electron chi connectivity index (χ1n) is 7.81. The van der Waals surface area contributed by atoms with Crippen molar-refractivity contribution in [3.05, 3.63) is 29.8 Å². The maximum atomic E-state index is 10.5. The third-order valence-electron chi connectivity index (χ3n) is 3.52. The van der Waals surface area contributed by atoms with Gasteiger partial charge in [0, 0.05) is 5.69 Å². The van der Waals surface area contributed by atoms with Gasteiger partial charge in [-0.1, -0.05) is 64.0 Å². The van der Waals surface area contributed by atoms with Gasteiger partial charge in [0.15, 0.2) is 0 Å². The molecule has 0 aromatic heterocycles. The van der Waals surface area contributed by atoms with Crippen molar-refractivity contribution >= 4 is 11.8 Å². The topological polar surface area (TPSA) is 49.3 Å². The molecule has 0 saturated heterocycles. The van der Waals surface area contributed by atoms with E-state index in [1.807, 2.05) is 24.3 Å². The molecule has 0 spiro atoms. The zero-order chi connectivity index (χ0) is 14.6. The van der Waals surface area contributed by atoms with E-state index < -0.39 is 6.09 Å². The van der Waals surface area contributed by atoms with Gasteiger partial charge in [-0.15, -0.1) is 0 Å². The van der Waals surface area contributed by atoms with Crippen LogP contribution in [0, 0.1) is 0 Å². The van der Waals surface area contributed by atoms with E-state index in [9.17, 15) is 4.79 Å². The van der Waals surface area contributed by atoms with Crippen LogP contribution in [0.2, 0.25) is 0 Å². The number of carbonyl (C=O) groups is 1. The van der Waals surface area contributed by atoms with Crippen molar-refractivity contribution in [3.63, 3.8) is 0 Å². The molecule has 0 radical (unpaired) electrons. The zero-order valence-corrected chi connectivity index (χ0v) is 12.5. The van der Waals surface area contributed by atoms with E-state index in [0.29, 0.717) is 5.69 Å². The number of hydrogen-bond donors (Lipinski definition) is 2. The Labute approximate surface area is 122 Å². The van der Waals surface area contributed by atoms with Gasteiger partial charge in [-0.2, -0.15) is 0 Å².